The van der Waals surface area contributed by atoms with Crippen LogP contribution in [0, 0.1) is 25.5 Å². The monoisotopic (exact) mass is 427 g/mol. The number of hydrogen-bond acceptors (Lipinski definition) is 6. The van der Waals surface area contributed by atoms with E-state index in [2.05, 4.69) is 10.3 Å². The van der Waals surface area contributed by atoms with Crippen molar-refractivity contribution in [3.05, 3.63) is 77.1 Å². The molecule has 0 saturated carbocycles. The Morgan fingerprint density at radius 2 is 1.77 bits per heavy atom. The first-order valence-electron chi connectivity index (χ1n) is 9.01. The van der Waals surface area contributed by atoms with Crippen LogP contribution in [0.15, 0.2) is 53.1 Å². The molecule has 4 rings (SSSR count). The van der Waals surface area contributed by atoms with E-state index in [1.54, 1.807) is 11.6 Å². The molecule has 160 valence electrons. The Hall–Kier alpha value is -4.21. The highest BCUT2D eigenvalue weighted by molar-refractivity contribution is 5.99. The average Bonchev–Trinajstić information content (AvgIpc) is 3.25. The third kappa shape index (κ3) is 4.37. The Morgan fingerprint density at radius 1 is 1.10 bits per heavy atom. The van der Waals surface area contributed by atoms with Gasteiger partial charge in [0, 0.05) is 11.6 Å². The molecule has 2 aromatic carbocycles. The molecule has 0 aliphatic heterocycles. The van der Waals surface area contributed by atoms with E-state index in [0.717, 1.165) is 23.5 Å². The molecule has 10 heteroatoms. The number of para-hydroxylation sites is 1. The normalized spacial score (nSPS) is 10.5. The minimum atomic E-state index is -1.18. The Bertz CT molecular complexity index is 1240. The van der Waals surface area contributed by atoms with Gasteiger partial charge in [-0.05, 0) is 38.1 Å². The standard InChI is InChI=1S/C15H14N4O3.C6H5F2N/c1-8-11(13-12(15(20)21)14(16)22-18-13)9(2)19(17-8)10-6-4-3-5-7-10;7-4-1-2-6(9)5(8)3-4/h3-7H,16H2,1-2H3,(H,20,21);1-3H,9H2. The second-order valence-electron chi connectivity index (χ2n) is 6.53. The summed E-state index contributed by atoms with van der Waals surface area (Å²) in [4.78, 5) is 11.4. The van der Waals surface area contributed by atoms with Crippen molar-refractivity contribution in [2.75, 3.05) is 11.5 Å². The predicted octanol–water partition coefficient (Wildman–Crippen LogP) is 3.97. The van der Waals surface area contributed by atoms with Gasteiger partial charge in [-0.2, -0.15) is 5.10 Å². The molecule has 0 fully saturated rings. The van der Waals surface area contributed by atoms with E-state index in [0.29, 0.717) is 11.3 Å². The molecule has 0 bridgehead atoms. The number of nitrogens with two attached hydrogens (primary N) is 2. The molecule has 0 aliphatic rings. The van der Waals surface area contributed by atoms with Crippen LogP contribution in [0.3, 0.4) is 0 Å². The number of carboxylic acid groups (broad SMARTS) is 1. The summed E-state index contributed by atoms with van der Waals surface area (Å²) in [5, 5.41) is 17.6. The third-order valence-electron chi connectivity index (χ3n) is 4.42. The summed E-state index contributed by atoms with van der Waals surface area (Å²) in [5.74, 6) is -2.72. The van der Waals surface area contributed by atoms with E-state index in [-0.39, 0.29) is 22.8 Å². The van der Waals surface area contributed by atoms with E-state index < -0.39 is 17.6 Å². The van der Waals surface area contributed by atoms with Crippen molar-refractivity contribution in [3.63, 3.8) is 0 Å². The highest BCUT2D eigenvalue weighted by Gasteiger charge is 2.26. The number of aryl methyl sites for hydroxylation is 1. The van der Waals surface area contributed by atoms with Crippen LogP contribution in [0.1, 0.15) is 21.7 Å². The minimum Gasteiger partial charge on any atom is -0.477 e. The molecule has 0 atom stereocenters. The maximum Gasteiger partial charge on any atom is 0.343 e. The van der Waals surface area contributed by atoms with Gasteiger partial charge >= 0.3 is 5.97 Å². The molecule has 0 aliphatic carbocycles. The van der Waals surface area contributed by atoms with Crippen LogP contribution >= 0.6 is 0 Å². The van der Waals surface area contributed by atoms with Crippen molar-refractivity contribution in [3.8, 4) is 16.9 Å². The van der Waals surface area contributed by atoms with E-state index in [1.165, 1.54) is 6.07 Å². The zero-order valence-corrected chi connectivity index (χ0v) is 16.6. The largest absolute Gasteiger partial charge is 0.477 e. The Labute approximate surface area is 175 Å². The summed E-state index contributed by atoms with van der Waals surface area (Å²) < 4.78 is 30.8. The zero-order chi connectivity index (χ0) is 22.7. The lowest BCUT2D eigenvalue weighted by atomic mass is 10.1. The molecule has 2 aromatic heterocycles. The van der Waals surface area contributed by atoms with Gasteiger partial charge < -0.3 is 21.1 Å². The lowest BCUT2D eigenvalue weighted by molar-refractivity contribution is 0.0698. The Morgan fingerprint density at radius 3 is 2.35 bits per heavy atom. The fraction of sp³-hybridized carbons (Fsp3) is 0.0952. The molecule has 0 radical (unpaired) electrons. The van der Waals surface area contributed by atoms with Crippen LogP contribution in [-0.4, -0.2) is 26.0 Å². The number of nitrogen functional groups attached to an aromatic ring is 2. The zero-order valence-electron chi connectivity index (χ0n) is 16.6. The number of aromatic nitrogens is 3. The summed E-state index contributed by atoms with van der Waals surface area (Å²) in [6, 6.07) is 12.6. The van der Waals surface area contributed by atoms with Crippen LogP contribution in [0.25, 0.3) is 16.9 Å². The minimum absolute atomic E-state index is 0.0311. The van der Waals surface area contributed by atoms with Gasteiger partial charge in [0.15, 0.2) is 5.56 Å². The van der Waals surface area contributed by atoms with Crippen LogP contribution < -0.4 is 11.5 Å². The lowest BCUT2D eigenvalue weighted by Gasteiger charge is -2.04. The van der Waals surface area contributed by atoms with Crippen molar-refractivity contribution >= 4 is 17.5 Å². The number of rotatable bonds is 3. The summed E-state index contributed by atoms with van der Waals surface area (Å²) >= 11 is 0. The number of nitrogens with zero attached hydrogens (tertiary/aromatic N) is 3. The number of carbonyl (C=O) groups is 1. The van der Waals surface area contributed by atoms with Gasteiger partial charge in [-0.25, -0.2) is 18.3 Å². The third-order valence-corrected chi connectivity index (χ3v) is 4.42. The van der Waals surface area contributed by atoms with E-state index >= 15 is 0 Å². The Kier molecular flexibility index (Phi) is 6.00. The number of aromatic carboxylic acids is 1. The first-order chi connectivity index (χ1) is 14.7. The molecule has 0 amide bonds. The van der Waals surface area contributed by atoms with Gasteiger partial charge in [0.2, 0.25) is 5.88 Å². The summed E-state index contributed by atoms with van der Waals surface area (Å²) in [6.07, 6.45) is 0. The summed E-state index contributed by atoms with van der Waals surface area (Å²) in [7, 11) is 0. The van der Waals surface area contributed by atoms with Crippen LogP contribution in [-0.2, 0) is 0 Å². The molecule has 4 aromatic rings. The fourth-order valence-electron chi connectivity index (χ4n) is 2.99. The maximum atomic E-state index is 12.2. The van der Waals surface area contributed by atoms with Gasteiger partial charge in [0.05, 0.1) is 22.8 Å². The molecular weight excluding hydrogens is 408 g/mol. The predicted molar refractivity (Wildman–Crippen MR) is 111 cm³/mol. The van der Waals surface area contributed by atoms with Crippen LogP contribution in [0.2, 0.25) is 0 Å². The topological polar surface area (TPSA) is 133 Å². The van der Waals surface area contributed by atoms with Crippen LogP contribution in [0.5, 0.6) is 0 Å². The highest BCUT2D eigenvalue weighted by atomic mass is 19.1. The number of benzene rings is 2. The SMILES string of the molecule is Cc1nn(-c2ccccc2)c(C)c1-c1noc(N)c1C(=O)O.Nc1ccc(F)cc1F. The number of halogens is 2. The van der Waals surface area contributed by atoms with E-state index in [4.69, 9.17) is 16.0 Å². The first-order valence-corrected chi connectivity index (χ1v) is 9.01. The number of hydrogen-bond donors (Lipinski definition) is 3. The van der Waals surface area contributed by atoms with Gasteiger partial charge in [-0.3, -0.25) is 0 Å². The number of carboxylic acids is 1. The van der Waals surface area contributed by atoms with Gasteiger partial charge in [0.25, 0.3) is 0 Å². The molecule has 0 spiro atoms. The average molecular weight is 427 g/mol. The first kappa shape index (κ1) is 21.5. The molecule has 0 unspecified atom stereocenters. The number of anilines is 2. The second kappa shape index (κ2) is 8.66. The van der Waals surface area contributed by atoms with E-state index in [9.17, 15) is 18.7 Å². The highest BCUT2D eigenvalue weighted by Crippen LogP contribution is 2.32. The van der Waals surface area contributed by atoms with Crippen molar-refractivity contribution in [2.24, 2.45) is 0 Å². The molecule has 0 saturated heterocycles. The fourth-order valence-corrected chi connectivity index (χ4v) is 2.99. The molecule has 8 nitrogen and oxygen atoms in total. The quantitative estimate of drug-likeness (QED) is 0.421. The van der Waals surface area contributed by atoms with Gasteiger partial charge in [-0.1, -0.05) is 23.4 Å². The molecule has 5 N–H and O–H groups in total. The smallest absolute Gasteiger partial charge is 0.343 e. The Balaban J connectivity index is 0.000000254. The molecule has 31 heavy (non-hydrogen) atoms. The van der Waals surface area contributed by atoms with Crippen molar-refractivity contribution in [1.29, 1.82) is 0 Å². The van der Waals surface area contributed by atoms with Crippen molar-refractivity contribution in [1.82, 2.24) is 14.9 Å². The summed E-state index contributed by atoms with van der Waals surface area (Å²) in [6.45, 7) is 3.64. The van der Waals surface area contributed by atoms with Gasteiger partial charge in [0.1, 0.15) is 17.3 Å². The second-order valence-corrected chi connectivity index (χ2v) is 6.53. The summed E-state index contributed by atoms with van der Waals surface area (Å²) in [5.41, 5.74) is 13.5. The molecular formula is C21H19F2N5O3. The molecule has 2 heterocycles. The van der Waals surface area contributed by atoms with Gasteiger partial charge in [-0.15, -0.1) is 0 Å². The lowest BCUT2D eigenvalue weighted by Crippen LogP contribution is -2.02. The van der Waals surface area contributed by atoms with Crippen LogP contribution in [0.4, 0.5) is 20.4 Å². The van der Waals surface area contributed by atoms with Crippen molar-refractivity contribution in [2.45, 2.75) is 13.8 Å². The van der Waals surface area contributed by atoms with E-state index in [1.807, 2.05) is 37.3 Å². The maximum absolute atomic E-state index is 12.2. The van der Waals surface area contributed by atoms with Crippen molar-refractivity contribution < 1.29 is 23.2 Å².